The predicted octanol–water partition coefficient (Wildman–Crippen LogP) is 0.885. The Bertz CT molecular complexity index is 117. The highest BCUT2D eigenvalue weighted by atomic mass is 16.3. The van der Waals surface area contributed by atoms with Crippen LogP contribution in [0.25, 0.3) is 0 Å². The van der Waals surface area contributed by atoms with Gasteiger partial charge in [-0.3, -0.25) is 0 Å². The van der Waals surface area contributed by atoms with Gasteiger partial charge in [-0.15, -0.1) is 0 Å². The summed E-state index contributed by atoms with van der Waals surface area (Å²) in [5, 5.41) is 9.58. The standard InChI is InChI=1S/C8H17NO/c1-8(2,10)6-3-4-7(9)5-6/h6-7,10H,3-5,9H2,1-2H3/t6-,7+/m0/s1. The molecule has 0 spiro atoms. The first-order chi connectivity index (χ1) is 4.50. The summed E-state index contributed by atoms with van der Waals surface area (Å²) in [6, 6.07) is 0.330. The Morgan fingerprint density at radius 1 is 1.40 bits per heavy atom. The van der Waals surface area contributed by atoms with E-state index in [9.17, 15) is 5.11 Å². The van der Waals surface area contributed by atoms with Crippen LogP contribution >= 0.6 is 0 Å². The van der Waals surface area contributed by atoms with Gasteiger partial charge < -0.3 is 10.8 Å². The lowest BCUT2D eigenvalue weighted by Crippen LogP contribution is -2.30. The minimum atomic E-state index is -0.520. The molecule has 2 atom stereocenters. The number of aliphatic hydroxyl groups is 1. The summed E-state index contributed by atoms with van der Waals surface area (Å²) < 4.78 is 0. The maximum atomic E-state index is 9.58. The van der Waals surface area contributed by atoms with Crippen LogP contribution in [0.4, 0.5) is 0 Å². The topological polar surface area (TPSA) is 46.2 Å². The van der Waals surface area contributed by atoms with Gasteiger partial charge in [0.1, 0.15) is 0 Å². The van der Waals surface area contributed by atoms with Gasteiger partial charge in [0.25, 0.3) is 0 Å². The summed E-state index contributed by atoms with van der Waals surface area (Å²) in [4.78, 5) is 0. The van der Waals surface area contributed by atoms with E-state index >= 15 is 0 Å². The highest BCUT2D eigenvalue weighted by molar-refractivity contribution is 4.87. The van der Waals surface area contributed by atoms with E-state index in [1.165, 1.54) is 0 Å². The highest BCUT2D eigenvalue weighted by Crippen LogP contribution is 2.32. The number of hydrogen-bond acceptors (Lipinski definition) is 2. The molecule has 1 fully saturated rings. The zero-order valence-electron chi connectivity index (χ0n) is 6.80. The normalized spacial score (nSPS) is 34.8. The predicted molar refractivity (Wildman–Crippen MR) is 41.6 cm³/mol. The molecule has 1 aliphatic rings. The highest BCUT2D eigenvalue weighted by Gasteiger charge is 2.32. The number of nitrogens with two attached hydrogens (primary N) is 1. The average molecular weight is 143 g/mol. The third kappa shape index (κ3) is 1.70. The third-order valence-electron chi connectivity index (χ3n) is 2.47. The molecule has 0 radical (unpaired) electrons. The molecule has 1 saturated carbocycles. The van der Waals surface area contributed by atoms with Gasteiger partial charge in [-0.2, -0.15) is 0 Å². The van der Waals surface area contributed by atoms with Crippen LogP contribution in [-0.4, -0.2) is 16.7 Å². The van der Waals surface area contributed by atoms with Crippen molar-refractivity contribution in [3.8, 4) is 0 Å². The van der Waals surface area contributed by atoms with Crippen molar-refractivity contribution in [3.05, 3.63) is 0 Å². The van der Waals surface area contributed by atoms with Gasteiger partial charge in [0.2, 0.25) is 0 Å². The molecule has 0 bridgehead atoms. The van der Waals surface area contributed by atoms with E-state index in [0.29, 0.717) is 12.0 Å². The van der Waals surface area contributed by atoms with Gasteiger partial charge in [0.15, 0.2) is 0 Å². The molecule has 60 valence electrons. The summed E-state index contributed by atoms with van der Waals surface area (Å²) in [7, 11) is 0. The molecule has 0 aromatic rings. The lowest BCUT2D eigenvalue weighted by atomic mass is 9.90. The SMILES string of the molecule is CC(C)(O)[C@H]1CC[C@@H](N)C1. The van der Waals surface area contributed by atoms with Crippen molar-refractivity contribution in [2.24, 2.45) is 11.7 Å². The minimum absolute atomic E-state index is 0.330. The van der Waals surface area contributed by atoms with E-state index < -0.39 is 5.60 Å². The average Bonchev–Trinajstić information content (AvgIpc) is 2.11. The van der Waals surface area contributed by atoms with Crippen molar-refractivity contribution in [2.75, 3.05) is 0 Å². The molecule has 0 saturated heterocycles. The first-order valence-electron chi connectivity index (χ1n) is 3.98. The second kappa shape index (κ2) is 2.51. The van der Waals surface area contributed by atoms with Crippen molar-refractivity contribution < 1.29 is 5.11 Å². The van der Waals surface area contributed by atoms with Crippen LogP contribution in [0.3, 0.4) is 0 Å². The monoisotopic (exact) mass is 143 g/mol. The molecule has 10 heavy (non-hydrogen) atoms. The van der Waals surface area contributed by atoms with Crippen molar-refractivity contribution in [2.45, 2.75) is 44.8 Å². The van der Waals surface area contributed by atoms with Crippen molar-refractivity contribution in [1.82, 2.24) is 0 Å². The van der Waals surface area contributed by atoms with Crippen LogP contribution in [0.2, 0.25) is 0 Å². The first kappa shape index (κ1) is 8.02. The van der Waals surface area contributed by atoms with Gasteiger partial charge in [0.05, 0.1) is 5.60 Å². The molecule has 3 N–H and O–H groups in total. The van der Waals surface area contributed by atoms with E-state index in [1.54, 1.807) is 0 Å². The maximum absolute atomic E-state index is 9.58. The second-order valence-electron chi connectivity index (χ2n) is 3.92. The molecular weight excluding hydrogens is 126 g/mol. The van der Waals surface area contributed by atoms with E-state index in [-0.39, 0.29) is 0 Å². The van der Waals surface area contributed by atoms with Gasteiger partial charge in [-0.05, 0) is 39.0 Å². The van der Waals surface area contributed by atoms with Gasteiger partial charge >= 0.3 is 0 Å². The minimum Gasteiger partial charge on any atom is -0.390 e. The Labute approximate surface area is 62.4 Å². The summed E-state index contributed by atoms with van der Waals surface area (Å²) >= 11 is 0. The Hall–Kier alpha value is -0.0800. The summed E-state index contributed by atoms with van der Waals surface area (Å²) in [5.74, 6) is 0.419. The molecule has 2 heteroatoms. The molecule has 1 aliphatic carbocycles. The summed E-state index contributed by atoms with van der Waals surface area (Å²) in [6.07, 6.45) is 3.16. The van der Waals surface area contributed by atoms with Crippen LogP contribution in [0.1, 0.15) is 33.1 Å². The van der Waals surface area contributed by atoms with Gasteiger partial charge in [-0.1, -0.05) is 0 Å². The van der Waals surface area contributed by atoms with E-state index in [0.717, 1.165) is 19.3 Å². The van der Waals surface area contributed by atoms with Crippen LogP contribution < -0.4 is 5.73 Å². The molecule has 0 heterocycles. The van der Waals surface area contributed by atoms with Crippen LogP contribution in [0.15, 0.2) is 0 Å². The van der Waals surface area contributed by atoms with Crippen molar-refractivity contribution >= 4 is 0 Å². The van der Waals surface area contributed by atoms with Crippen molar-refractivity contribution in [3.63, 3.8) is 0 Å². The fourth-order valence-corrected chi connectivity index (χ4v) is 1.66. The van der Waals surface area contributed by atoms with Crippen LogP contribution in [0, 0.1) is 5.92 Å². The van der Waals surface area contributed by atoms with Crippen molar-refractivity contribution in [1.29, 1.82) is 0 Å². The summed E-state index contributed by atoms with van der Waals surface area (Å²) in [5.41, 5.74) is 5.19. The molecular formula is C8H17NO. The summed E-state index contributed by atoms with van der Waals surface area (Å²) in [6.45, 7) is 3.74. The molecule has 1 rings (SSSR count). The zero-order valence-corrected chi connectivity index (χ0v) is 6.80. The quantitative estimate of drug-likeness (QED) is 0.572. The Balaban J connectivity index is 2.45. The molecule has 2 nitrogen and oxygen atoms in total. The van der Waals surface area contributed by atoms with E-state index in [4.69, 9.17) is 5.73 Å². The van der Waals surface area contributed by atoms with E-state index in [1.807, 2.05) is 13.8 Å². The Morgan fingerprint density at radius 2 is 2.00 bits per heavy atom. The first-order valence-corrected chi connectivity index (χ1v) is 3.98. The van der Waals surface area contributed by atoms with Crippen LogP contribution in [0.5, 0.6) is 0 Å². The third-order valence-corrected chi connectivity index (χ3v) is 2.47. The van der Waals surface area contributed by atoms with Crippen LogP contribution in [-0.2, 0) is 0 Å². The largest absolute Gasteiger partial charge is 0.390 e. The zero-order chi connectivity index (χ0) is 7.78. The number of rotatable bonds is 1. The Morgan fingerprint density at radius 3 is 2.20 bits per heavy atom. The molecule has 0 aromatic carbocycles. The maximum Gasteiger partial charge on any atom is 0.0620 e. The number of hydrogen-bond donors (Lipinski definition) is 2. The molecule has 0 aliphatic heterocycles. The van der Waals surface area contributed by atoms with Gasteiger partial charge in [-0.25, -0.2) is 0 Å². The second-order valence-corrected chi connectivity index (χ2v) is 3.92. The smallest absolute Gasteiger partial charge is 0.0620 e. The fraction of sp³-hybridized carbons (Fsp3) is 1.00. The molecule has 0 aromatic heterocycles. The van der Waals surface area contributed by atoms with E-state index in [2.05, 4.69) is 0 Å². The van der Waals surface area contributed by atoms with Gasteiger partial charge in [0, 0.05) is 6.04 Å². The molecule has 0 unspecified atom stereocenters. The fourth-order valence-electron chi connectivity index (χ4n) is 1.66. The lowest BCUT2D eigenvalue weighted by molar-refractivity contribution is 0.0195. The molecule has 0 amide bonds. The Kier molecular flexibility index (Phi) is 2.02. The lowest BCUT2D eigenvalue weighted by Gasteiger charge is -2.24.